The summed E-state index contributed by atoms with van der Waals surface area (Å²) in [7, 11) is 0. The maximum absolute atomic E-state index is 6.16. The molecule has 0 unspecified atom stereocenters. The lowest BCUT2D eigenvalue weighted by Gasteiger charge is -2.16. The monoisotopic (exact) mass is 335 g/mol. The Kier molecular flexibility index (Phi) is 4.23. The van der Waals surface area contributed by atoms with Gasteiger partial charge in [-0.05, 0) is 40.3 Å². The molecule has 4 heteroatoms. The van der Waals surface area contributed by atoms with Gasteiger partial charge in [0, 0.05) is 0 Å². The molecule has 0 atom stereocenters. The van der Waals surface area contributed by atoms with E-state index in [-0.39, 0.29) is 5.41 Å². The summed E-state index contributed by atoms with van der Waals surface area (Å²) in [4.78, 5) is 0. The fraction of sp³-hybridized carbons (Fsp3) is 0.438. The molecule has 0 amide bonds. The van der Waals surface area contributed by atoms with Crippen LogP contribution in [-0.4, -0.2) is 9.78 Å². The molecule has 1 aromatic heterocycles. The number of nitrogen functional groups attached to an aromatic ring is 1. The van der Waals surface area contributed by atoms with Crippen molar-refractivity contribution in [2.45, 2.75) is 40.7 Å². The normalized spacial score (nSPS) is 11.8. The molecule has 0 spiro atoms. The molecule has 0 saturated heterocycles. The van der Waals surface area contributed by atoms with Gasteiger partial charge in [0.1, 0.15) is 5.82 Å². The number of rotatable bonds is 3. The Hall–Kier alpha value is -1.29. The SMILES string of the molecule is Cc1cccc(Cn2nc(CC(C)(C)C)c(Br)c2N)c1. The molecule has 2 aromatic rings. The minimum Gasteiger partial charge on any atom is -0.383 e. The largest absolute Gasteiger partial charge is 0.383 e. The van der Waals surface area contributed by atoms with Crippen LogP contribution >= 0.6 is 15.9 Å². The standard InChI is InChI=1S/C16H22BrN3/c1-11-6-5-7-12(8-11)10-20-15(18)14(17)13(19-20)9-16(2,3)4/h5-8H,9-10,18H2,1-4H3. The third kappa shape index (κ3) is 3.63. The highest BCUT2D eigenvalue weighted by Gasteiger charge is 2.19. The summed E-state index contributed by atoms with van der Waals surface area (Å²) in [5.74, 6) is 0.700. The molecule has 0 aliphatic heterocycles. The zero-order chi connectivity index (χ0) is 14.9. The van der Waals surface area contributed by atoms with Crippen molar-refractivity contribution in [1.82, 2.24) is 9.78 Å². The molecule has 108 valence electrons. The van der Waals surface area contributed by atoms with Crippen LogP contribution in [0.5, 0.6) is 0 Å². The molecule has 20 heavy (non-hydrogen) atoms. The summed E-state index contributed by atoms with van der Waals surface area (Å²) in [6.45, 7) is 9.41. The minimum atomic E-state index is 0.192. The van der Waals surface area contributed by atoms with Gasteiger partial charge in [-0.25, -0.2) is 4.68 Å². The average Bonchev–Trinajstić information content (AvgIpc) is 2.56. The first-order valence-corrected chi connectivity index (χ1v) is 7.62. The van der Waals surface area contributed by atoms with Crippen LogP contribution in [-0.2, 0) is 13.0 Å². The summed E-state index contributed by atoms with van der Waals surface area (Å²) in [5.41, 5.74) is 9.85. The third-order valence-electron chi connectivity index (χ3n) is 3.11. The van der Waals surface area contributed by atoms with E-state index in [1.54, 1.807) is 0 Å². The van der Waals surface area contributed by atoms with E-state index in [2.05, 4.69) is 73.0 Å². The van der Waals surface area contributed by atoms with E-state index in [1.807, 2.05) is 4.68 Å². The molecule has 0 radical (unpaired) electrons. The molecular formula is C16H22BrN3. The summed E-state index contributed by atoms with van der Waals surface area (Å²) in [6.07, 6.45) is 0.901. The van der Waals surface area contributed by atoms with Crippen molar-refractivity contribution in [3.05, 3.63) is 45.6 Å². The first-order valence-electron chi connectivity index (χ1n) is 6.82. The molecule has 1 aromatic carbocycles. The number of aromatic nitrogens is 2. The molecule has 0 fully saturated rings. The van der Waals surface area contributed by atoms with Crippen LogP contribution in [0.25, 0.3) is 0 Å². The second-order valence-electron chi connectivity index (χ2n) is 6.53. The number of benzene rings is 1. The number of hydrogen-bond acceptors (Lipinski definition) is 2. The van der Waals surface area contributed by atoms with E-state index in [1.165, 1.54) is 11.1 Å². The summed E-state index contributed by atoms with van der Waals surface area (Å²) >= 11 is 3.57. The van der Waals surface area contributed by atoms with Gasteiger partial charge in [0.2, 0.25) is 0 Å². The van der Waals surface area contributed by atoms with E-state index in [0.29, 0.717) is 12.4 Å². The van der Waals surface area contributed by atoms with Gasteiger partial charge >= 0.3 is 0 Å². The maximum atomic E-state index is 6.16. The summed E-state index contributed by atoms with van der Waals surface area (Å²) < 4.78 is 2.81. The Morgan fingerprint density at radius 1 is 1.30 bits per heavy atom. The topological polar surface area (TPSA) is 43.8 Å². The fourth-order valence-corrected chi connectivity index (χ4v) is 2.65. The molecular weight excluding hydrogens is 314 g/mol. The smallest absolute Gasteiger partial charge is 0.136 e. The lowest BCUT2D eigenvalue weighted by Crippen LogP contribution is -2.11. The van der Waals surface area contributed by atoms with Crippen LogP contribution in [0.2, 0.25) is 0 Å². The number of nitrogens with zero attached hydrogens (tertiary/aromatic N) is 2. The Balaban J connectivity index is 2.27. The highest BCUT2D eigenvalue weighted by Crippen LogP contribution is 2.30. The predicted molar refractivity (Wildman–Crippen MR) is 87.8 cm³/mol. The molecule has 2 rings (SSSR count). The molecule has 1 heterocycles. The van der Waals surface area contributed by atoms with E-state index >= 15 is 0 Å². The summed E-state index contributed by atoms with van der Waals surface area (Å²) in [6, 6.07) is 8.43. The molecule has 0 aliphatic carbocycles. The van der Waals surface area contributed by atoms with E-state index < -0.39 is 0 Å². The maximum Gasteiger partial charge on any atom is 0.136 e. The first-order chi connectivity index (χ1) is 9.26. The van der Waals surface area contributed by atoms with Crippen molar-refractivity contribution in [1.29, 1.82) is 0 Å². The lowest BCUT2D eigenvalue weighted by atomic mass is 9.91. The van der Waals surface area contributed by atoms with Gasteiger partial charge in [-0.1, -0.05) is 50.6 Å². The van der Waals surface area contributed by atoms with Crippen molar-refractivity contribution in [3.8, 4) is 0 Å². The second kappa shape index (κ2) is 5.60. The van der Waals surface area contributed by atoms with Gasteiger partial charge in [0.25, 0.3) is 0 Å². The Labute approximate surface area is 129 Å². The van der Waals surface area contributed by atoms with Gasteiger partial charge in [-0.15, -0.1) is 0 Å². The Morgan fingerprint density at radius 3 is 2.60 bits per heavy atom. The highest BCUT2D eigenvalue weighted by atomic mass is 79.9. The molecule has 3 nitrogen and oxygen atoms in total. The van der Waals surface area contributed by atoms with Crippen molar-refractivity contribution >= 4 is 21.7 Å². The zero-order valence-corrected chi connectivity index (χ0v) is 14.2. The predicted octanol–water partition coefficient (Wildman–Crippen LogP) is 4.17. The molecule has 0 saturated carbocycles. The van der Waals surface area contributed by atoms with Gasteiger partial charge < -0.3 is 5.73 Å². The van der Waals surface area contributed by atoms with Crippen LogP contribution < -0.4 is 5.73 Å². The summed E-state index contributed by atoms with van der Waals surface area (Å²) in [5, 5.41) is 4.66. The quantitative estimate of drug-likeness (QED) is 0.914. The van der Waals surface area contributed by atoms with Gasteiger partial charge in [-0.2, -0.15) is 5.10 Å². The van der Waals surface area contributed by atoms with Crippen LogP contribution in [0.3, 0.4) is 0 Å². The number of hydrogen-bond donors (Lipinski definition) is 1. The van der Waals surface area contributed by atoms with E-state index in [4.69, 9.17) is 5.73 Å². The Morgan fingerprint density at radius 2 is 2.00 bits per heavy atom. The van der Waals surface area contributed by atoms with Gasteiger partial charge in [0.15, 0.2) is 0 Å². The highest BCUT2D eigenvalue weighted by molar-refractivity contribution is 9.10. The van der Waals surface area contributed by atoms with Gasteiger partial charge in [-0.3, -0.25) is 0 Å². The van der Waals surface area contributed by atoms with Crippen LogP contribution in [0, 0.1) is 12.3 Å². The second-order valence-corrected chi connectivity index (χ2v) is 7.32. The van der Waals surface area contributed by atoms with Gasteiger partial charge in [0.05, 0.1) is 16.7 Å². The number of nitrogens with two attached hydrogens (primary N) is 1. The fourth-order valence-electron chi connectivity index (χ4n) is 2.22. The number of halogens is 1. The van der Waals surface area contributed by atoms with E-state index in [9.17, 15) is 0 Å². The molecule has 0 bridgehead atoms. The van der Waals surface area contributed by atoms with Crippen molar-refractivity contribution in [3.63, 3.8) is 0 Å². The number of anilines is 1. The van der Waals surface area contributed by atoms with Crippen molar-refractivity contribution in [2.24, 2.45) is 5.41 Å². The number of aryl methyl sites for hydroxylation is 1. The average molecular weight is 336 g/mol. The lowest BCUT2D eigenvalue weighted by molar-refractivity contribution is 0.403. The van der Waals surface area contributed by atoms with Crippen molar-refractivity contribution in [2.75, 3.05) is 5.73 Å². The first kappa shape index (κ1) is 15.1. The van der Waals surface area contributed by atoms with Crippen LogP contribution in [0.15, 0.2) is 28.7 Å². The van der Waals surface area contributed by atoms with E-state index in [0.717, 1.165) is 16.6 Å². The van der Waals surface area contributed by atoms with Crippen molar-refractivity contribution < 1.29 is 0 Å². The third-order valence-corrected chi connectivity index (χ3v) is 3.97. The minimum absolute atomic E-state index is 0.192. The Bertz CT molecular complexity index is 609. The van der Waals surface area contributed by atoms with Crippen LogP contribution in [0.1, 0.15) is 37.6 Å². The van der Waals surface area contributed by atoms with Crippen LogP contribution in [0.4, 0.5) is 5.82 Å². The zero-order valence-electron chi connectivity index (χ0n) is 12.6. The molecule has 0 aliphatic rings. The molecule has 2 N–H and O–H groups in total.